The molecule has 0 saturated carbocycles. The fourth-order valence-electron chi connectivity index (χ4n) is 4.31. The van der Waals surface area contributed by atoms with Crippen LogP contribution >= 0.6 is 0 Å². The largest absolute Gasteiger partial charge is 0.321 e. The highest BCUT2D eigenvalue weighted by atomic mass is 16.2. The number of hydrogen-bond donors (Lipinski definition) is 2. The summed E-state index contributed by atoms with van der Waals surface area (Å²) in [6, 6.07) is 25.8. The summed E-state index contributed by atoms with van der Waals surface area (Å²) < 4.78 is 0. The van der Waals surface area contributed by atoms with Crippen molar-refractivity contribution >= 4 is 28.8 Å². The van der Waals surface area contributed by atoms with Gasteiger partial charge in [0.05, 0.1) is 22.5 Å². The molecule has 2 amide bonds. The summed E-state index contributed by atoms with van der Waals surface area (Å²) in [6.45, 7) is 4.03. The number of benzene rings is 3. The number of fused-ring (bicyclic) bond motifs is 1. The van der Waals surface area contributed by atoms with Crippen molar-refractivity contribution in [1.29, 1.82) is 0 Å². The molecular weight excluding hydrogens is 420 g/mol. The first kappa shape index (κ1) is 21.4. The molecule has 0 saturated heterocycles. The normalized spacial score (nSPS) is 15.8. The van der Waals surface area contributed by atoms with Gasteiger partial charge < -0.3 is 10.6 Å². The average Bonchev–Trinajstić information content (AvgIpc) is 3.41. The Kier molecular flexibility index (Phi) is 5.56. The standard InChI is InChI=1S/C30H24N2O2/c1-3-4-8-19(2)20-11-15-23(16-12-20)27-25-26(30(34)31-27)28(32-29(25)33)24-17-13-22(14-18-24)21-9-6-5-7-10-21/h3-18H,1-2H3,(H,31,34)(H,32,33)/b4-3-,19-8+. The summed E-state index contributed by atoms with van der Waals surface area (Å²) in [5.74, 6) is -0.530. The van der Waals surface area contributed by atoms with E-state index in [0.29, 0.717) is 22.5 Å². The summed E-state index contributed by atoms with van der Waals surface area (Å²) in [7, 11) is 0. The van der Waals surface area contributed by atoms with Gasteiger partial charge in [-0.3, -0.25) is 9.59 Å². The molecule has 0 aromatic heterocycles. The highest BCUT2D eigenvalue weighted by Gasteiger charge is 2.40. The molecule has 4 heteroatoms. The maximum absolute atomic E-state index is 12.9. The lowest BCUT2D eigenvalue weighted by Gasteiger charge is -2.09. The topological polar surface area (TPSA) is 58.2 Å². The maximum atomic E-state index is 12.9. The van der Waals surface area contributed by atoms with Gasteiger partial charge >= 0.3 is 0 Å². The van der Waals surface area contributed by atoms with Crippen LogP contribution in [0.25, 0.3) is 28.1 Å². The fraction of sp³-hybridized carbons (Fsp3) is 0.0667. The van der Waals surface area contributed by atoms with E-state index in [0.717, 1.165) is 33.4 Å². The van der Waals surface area contributed by atoms with Gasteiger partial charge in [-0.2, -0.15) is 0 Å². The Labute approximate surface area is 199 Å². The minimum absolute atomic E-state index is 0.265. The summed E-state index contributed by atoms with van der Waals surface area (Å²) >= 11 is 0. The Bertz CT molecular complexity index is 1400. The van der Waals surface area contributed by atoms with Crippen molar-refractivity contribution in [2.45, 2.75) is 13.8 Å². The minimum Gasteiger partial charge on any atom is -0.321 e. The van der Waals surface area contributed by atoms with E-state index in [1.807, 2.05) is 85.8 Å². The highest BCUT2D eigenvalue weighted by Crippen LogP contribution is 2.37. The third kappa shape index (κ3) is 3.80. The summed E-state index contributed by atoms with van der Waals surface area (Å²) in [5.41, 5.74) is 7.92. The van der Waals surface area contributed by atoms with Gasteiger partial charge in [-0.05, 0) is 47.2 Å². The number of carbonyl (C=O) groups is 2. The van der Waals surface area contributed by atoms with Crippen LogP contribution in [0.5, 0.6) is 0 Å². The van der Waals surface area contributed by atoms with Gasteiger partial charge in [0, 0.05) is 0 Å². The van der Waals surface area contributed by atoms with E-state index in [1.54, 1.807) is 0 Å². The molecule has 3 aromatic rings. The smallest absolute Gasteiger partial charge is 0.258 e. The number of hydrogen-bond acceptors (Lipinski definition) is 2. The summed E-state index contributed by atoms with van der Waals surface area (Å²) in [4.78, 5) is 25.9. The van der Waals surface area contributed by atoms with Crippen molar-refractivity contribution in [3.8, 4) is 11.1 Å². The number of nitrogens with one attached hydrogen (secondary N) is 2. The molecule has 4 nitrogen and oxygen atoms in total. The average molecular weight is 445 g/mol. The molecule has 0 aliphatic carbocycles. The van der Waals surface area contributed by atoms with Crippen molar-refractivity contribution < 1.29 is 9.59 Å². The second-order valence-corrected chi connectivity index (χ2v) is 8.30. The van der Waals surface area contributed by atoms with Crippen molar-refractivity contribution in [2.24, 2.45) is 0 Å². The lowest BCUT2D eigenvalue weighted by atomic mass is 9.99. The van der Waals surface area contributed by atoms with Crippen LogP contribution in [-0.2, 0) is 9.59 Å². The molecule has 0 radical (unpaired) electrons. The Morgan fingerprint density at radius 3 is 1.65 bits per heavy atom. The number of allylic oxidation sites excluding steroid dienone is 4. The zero-order chi connectivity index (χ0) is 23.7. The van der Waals surface area contributed by atoms with Gasteiger partial charge in [0.2, 0.25) is 0 Å². The molecule has 166 valence electrons. The zero-order valence-corrected chi connectivity index (χ0v) is 19.1. The first-order chi connectivity index (χ1) is 16.6. The lowest BCUT2D eigenvalue weighted by molar-refractivity contribution is -0.117. The molecule has 2 aliphatic rings. The predicted molar refractivity (Wildman–Crippen MR) is 137 cm³/mol. The van der Waals surface area contributed by atoms with Gasteiger partial charge in [-0.1, -0.05) is 97.1 Å². The molecule has 2 aliphatic heterocycles. The van der Waals surface area contributed by atoms with Crippen LogP contribution in [-0.4, -0.2) is 11.8 Å². The summed E-state index contributed by atoms with van der Waals surface area (Å²) in [5, 5.41) is 5.84. The van der Waals surface area contributed by atoms with E-state index in [4.69, 9.17) is 0 Å². The minimum atomic E-state index is -0.265. The third-order valence-electron chi connectivity index (χ3n) is 6.13. The van der Waals surface area contributed by atoms with E-state index in [2.05, 4.69) is 35.8 Å². The van der Waals surface area contributed by atoms with Crippen LogP contribution in [0.15, 0.2) is 108 Å². The van der Waals surface area contributed by atoms with E-state index in [1.165, 1.54) is 0 Å². The molecule has 0 bridgehead atoms. The molecule has 0 spiro atoms. The van der Waals surface area contributed by atoms with Gasteiger partial charge in [0.25, 0.3) is 11.8 Å². The van der Waals surface area contributed by atoms with Crippen molar-refractivity contribution in [3.63, 3.8) is 0 Å². The van der Waals surface area contributed by atoms with E-state index >= 15 is 0 Å². The van der Waals surface area contributed by atoms with Crippen molar-refractivity contribution in [1.82, 2.24) is 10.6 Å². The first-order valence-corrected chi connectivity index (χ1v) is 11.2. The number of carbonyl (C=O) groups excluding carboxylic acids is 2. The number of rotatable bonds is 5. The third-order valence-corrected chi connectivity index (χ3v) is 6.13. The first-order valence-electron chi connectivity index (χ1n) is 11.2. The van der Waals surface area contributed by atoms with Crippen molar-refractivity contribution in [2.75, 3.05) is 0 Å². The van der Waals surface area contributed by atoms with Crippen LogP contribution in [0.4, 0.5) is 0 Å². The van der Waals surface area contributed by atoms with Crippen LogP contribution in [0, 0.1) is 0 Å². The van der Waals surface area contributed by atoms with Crippen molar-refractivity contribution in [3.05, 3.63) is 125 Å². The predicted octanol–water partition coefficient (Wildman–Crippen LogP) is 5.72. The molecule has 5 rings (SSSR count). The molecule has 0 atom stereocenters. The second kappa shape index (κ2) is 8.83. The van der Waals surface area contributed by atoms with E-state index < -0.39 is 0 Å². The molecule has 2 heterocycles. The Morgan fingerprint density at radius 2 is 1.12 bits per heavy atom. The Balaban J connectivity index is 1.50. The molecule has 3 aromatic carbocycles. The van der Waals surface area contributed by atoms with Gasteiger partial charge in [0.1, 0.15) is 0 Å². The Hall–Kier alpha value is -4.44. The molecule has 0 fully saturated rings. The van der Waals surface area contributed by atoms with E-state index in [9.17, 15) is 9.59 Å². The summed E-state index contributed by atoms with van der Waals surface area (Å²) in [6.07, 6.45) is 6.03. The van der Waals surface area contributed by atoms with Gasteiger partial charge in [-0.25, -0.2) is 0 Å². The highest BCUT2D eigenvalue weighted by molar-refractivity contribution is 6.30. The Morgan fingerprint density at radius 1 is 0.647 bits per heavy atom. The second-order valence-electron chi connectivity index (χ2n) is 8.30. The van der Waals surface area contributed by atoms with Crippen LogP contribution in [0.2, 0.25) is 0 Å². The lowest BCUT2D eigenvalue weighted by Crippen LogP contribution is -2.21. The number of amides is 2. The zero-order valence-electron chi connectivity index (χ0n) is 19.1. The molecule has 0 unspecified atom stereocenters. The maximum Gasteiger partial charge on any atom is 0.258 e. The fourth-order valence-corrected chi connectivity index (χ4v) is 4.31. The monoisotopic (exact) mass is 444 g/mol. The van der Waals surface area contributed by atoms with Gasteiger partial charge in [-0.15, -0.1) is 0 Å². The molecular formula is C30H24N2O2. The van der Waals surface area contributed by atoms with Gasteiger partial charge in [0.15, 0.2) is 0 Å². The van der Waals surface area contributed by atoms with Crippen LogP contribution in [0.1, 0.15) is 30.5 Å². The van der Waals surface area contributed by atoms with E-state index in [-0.39, 0.29) is 11.8 Å². The van der Waals surface area contributed by atoms with Crippen LogP contribution < -0.4 is 10.6 Å². The quantitative estimate of drug-likeness (QED) is 0.495. The molecule has 2 N–H and O–H groups in total. The molecule has 34 heavy (non-hydrogen) atoms. The SMILES string of the molecule is C/C=C\C=C(/C)c1ccc(C2=C3C(=O)NC(c4ccc(-c5ccccc5)cc4)=C3C(=O)N2)cc1. The van der Waals surface area contributed by atoms with Crippen LogP contribution in [0.3, 0.4) is 0 Å².